The third kappa shape index (κ3) is 3.57. The monoisotopic (exact) mass is 356 g/mol. The van der Waals surface area contributed by atoms with Crippen LogP contribution in [-0.2, 0) is 12.1 Å². The van der Waals surface area contributed by atoms with Gasteiger partial charge in [-0.2, -0.15) is 5.10 Å². The van der Waals surface area contributed by atoms with Crippen molar-refractivity contribution in [1.29, 1.82) is 0 Å². The van der Waals surface area contributed by atoms with Crippen LogP contribution in [0.25, 0.3) is 22.0 Å². The molecule has 3 aromatic carbocycles. The van der Waals surface area contributed by atoms with Crippen molar-refractivity contribution in [3.8, 4) is 11.1 Å². The van der Waals surface area contributed by atoms with Gasteiger partial charge < -0.3 is 11.1 Å². The van der Waals surface area contributed by atoms with Crippen molar-refractivity contribution < 1.29 is 0 Å². The Hall–Kier alpha value is -3.11. The zero-order valence-electron chi connectivity index (χ0n) is 15.7. The Bertz CT molecular complexity index is 1040. The highest BCUT2D eigenvalue weighted by Gasteiger charge is 2.15. The molecule has 4 rings (SSSR count). The SMILES string of the molecule is CC(C)(N)c1ccc(-c2ccc3[nH]ncc3c2NCc2ccccc2)cc1. The van der Waals surface area contributed by atoms with Crippen molar-refractivity contribution in [3.63, 3.8) is 0 Å². The second-order valence-corrected chi connectivity index (χ2v) is 7.46. The summed E-state index contributed by atoms with van der Waals surface area (Å²) >= 11 is 0. The summed E-state index contributed by atoms with van der Waals surface area (Å²) < 4.78 is 0. The van der Waals surface area contributed by atoms with Crippen molar-refractivity contribution in [2.75, 3.05) is 5.32 Å². The van der Waals surface area contributed by atoms with E-state index in [4.69, 9.17) is 5.73 Å². The molecular formula is C23H24N4. The Morgan fingerprint density at radius 2 is 1.70 bits per heavy atom. The fraction of sp³-hybridized carbons (Fsp3) is 0.174. The minimum atomic E-state index is -0.346. The third-order valence-corrected chi connectivity index (χ3v) is 4.88. The van der Waals surface area contributed by atoms with Crippen LogP contribution >= 0.6 is 0 Å². The van der Waals surface area contributed by atoms with E-state index in [2.05, 4.69) is 76.2 Å². The number of nitrogens with two attached hydrogens (primary N) is 1. The van der Waals surface area contributed by atoms with Gasteiger partial charge in [-0.25, -0.2) is 0 Å². The Kier molecular flexibility index (Phi) is 4.42. The number of rotatable bonds is 5. The van der Waals surface area contributed by atoms with Crippen LogP contribution in [0.3, 0.4) is 0 Å². The number of H-pyrrole nitrogens is 1. The highest BCUT2D eigenvalue weighted by atomic mass is 15.1. The van der Waals surface area contributed by atoms with E-state index in [9.17, 15) is 0 Å². The molecule has 0 aliphatic carbocycles. The summed E-state index contributed by atoms with van der Waals surface area (Å²) in [5, 5.41) is 12.0. The second kappa shape index (κ2) is 6.89. The maximum Gasteiger partial charge on any atom is 0.0671 e. The third-order valence-electron chi connectivity index (χ3n) is 4.88. The standard InChI is InChI=1S/C23H24N4/c1-23(2,24)18-10-8-17(9-11-18)19-12-13-21-20(15-26-27-21)22(19)25-14-16-6-4-3-5-7-16/h3-13,15,25H,14,24H2,1-2H3,(H,26,27). The number of anilines is 1. The Morgan fingerprint density at radius 1 is 0.963 bits per heavy atom. The van der Waals surface area contributed by atoms with Crippen molar-refractivity contribution in [1.82, 2.24) is 10.2 Å². The lowest BCUT2D eigenvalue weighted by atomic mass is 9.93. The molecule has 1 heterocycles. The van der Waals surface area contributed by atoms with E-state index in [1.54, 1.807) is 0 Å². The average molecular weight is 356 g/mol. The van der Waals surface area contributed by atoms with Crippen molar-refractivity contribution >= 4 is 16.6 Å². The molecule has 0 atom stereocenters. The van der Waals surface area contributed by atoms with Gasteiger partial charge in [0.05, 0.1) is 17.4 Å². The molecule has 4 N–H and O–H groups in total. The minimum absolute atomic E-state index is 0.346. The lowest BCUT2D eigenvalue weighted by Gasteiger charge is -2.20. The summed E-state index contributed by atoms with van der Waals surface area (Å²) in [5.41, 5.74) is 12.7. The molecule has 0 bridgehead atoms. The van der Waals surface area contributed by atoms with E-state index in [0.717, 1.165) is 39.8 Å². The van der Waals surface area contributed by atoms with Crippen LogP contribution < -0.4 is 11.1 Å². The molecule has 0 saturated carbocycles. The first-order valence-electron chi connectivity index (χ1n) is 9.16. The normalized spacial score (nSPS) is 11.7. The average Bonchev–Trinajstić information content (AvgIpc) is 3.15. The molecule has 136 valence electrons. The molecule has 4 heteroatoms. The number of fused-ring (bicyclic) bond motifs is 1. The summed E-state index contributed by atoms with van der Waals surface area (Å²) in [5.74, 6) is 0. The summed E-state index contributed by atoms with van der Waals surface area (Å²) in [6, 6.07) is 23.1. The molecule has 0 aliphatic rings. The highest BCUT2D eigenvalue weighted by Crippen LogP contribution is 2.35. The van der Waals surface area contributed by atoms with E-state index in [1.807, 2.05) is 26.1 Å². The molecule has 0 saturated heterocycles. The van der Waals surface area contributed by atoms with E-state index in [-0.39, 0.29) is 5.54 Å². The number of nitrogens with one attached hydrogen (secondary N) is 2. The first-order chi connectivity index (χ1) is 13.0. The molecule has 0 amide bonds. The van der Waals surface area contributed by atoms with Gasteiger partial charge in [-0.05, 0) is 36.6 Å². The fourth-order valence-electron chi connectivity index (χ4n) is 3.31. The van der Waals surface area contributed by atoms with Crippen molar-refractivity contribution in [2.24, 2.45) is 5.73 Å². The van der Waals surface area contributed by atoms with Crippen LogP contribution in [0.4, 0.5) is 5.69 Å². The van der Waals surface area contributed by atoms with Crippen LogP contribution in [-0.4, -0.2) is 10.2 Å². The molecule has 4 aromatic rings. The Balaban J connectivity index is 1.74. The predicted octanol–water partition coefficient (Wildman–Crippen LogP) is 5.04. The molecule has 0 spiro atoms. The van der Waals surface area contributed by atoms with Crippen LogP contribution in [0.5, 0.6) is 0 Å². The van der Waals surface area contributed by atoms with E-state index >= 15 is 0 Å². The van der Waals surface area contributed by atoms with E-state index < -0.39 is 0 Å². The van der Waals surface area contributed by atoms with Gasteiger partial charge in [0, 0.05) is 23.0 Å². The van der Waals surface area contributed by atoms with Crippen LogP contribution in [0.15, 0.2) is 72.9 Å². The van der Waals surface area contributed by atoms with Gasteiger partial charge in [-0.1, -0.05) is 60.7 Å². The van der Waals surface area contributed by atoms with Gasteiger partial charge in [0.15, 0.2) is 0 Å². The molecule has 0 aliphatic heterocycles. The van der Waals surface area contributed by atoms with Crippen LogP contribution in [0, 0.1) is 0 Å². The van der Waals surface area contributed by atoms with Gasteiger partial charge in [0.25, 0.3) is 0 Å². The maximum absolute atomic E-state index is 6.22. The predicted molar refractivity (Wildman–Crippen MR) is 113 cm³/mol. The molecule has 0 fully saturated rings. The van der Waals surface area contributed by atoms with Gasteiger partial charge >= 0.3 is 0 Å². The zero-order chi connectivity index (χ0) is 18.9. The molecule has 0 radical (unpaired) electrons. The largest absolute Gasteiger partial charge is 0.380 e. The smallest absolute Gasteiger partial charge is 0.0671 e. The van der Waals surface area contributed by atoms with E-state index in [0.29, 0.717) is 0 Å². The summed E-state index contributed by atoms with van der Waals surface area (Å²) in [6.45, 7) is 4.80. The van der Waals surface area contributed by atoms with Gasteiger partial charge in [0.1, 0.15) is 0 Å². The quantitative estimate of drug-likeness (QED) is 0.469. The fourth-order valence-corrected chi connectivity index (χ4v) is 3.31. The summed E-state index contributed by atoms with van der Waals surface area (Å²) in [6.07, 6.45) is 1.88. The van der Waals surface area contributed by atoms with Gasteiger partial charge in [0.2, 0.25) is 0 Å². The summed E-state index contributed by atoms with van der Waals surface area (Å²) in [4.78, 5) is 0. The number of nitrogens with zero attached hydrogens (tertiary/aromatic N) is 1. The van der Waals surface area contributed by atoms with Gasteiger partial charge in [-0.15, -0.1) is 0 Å². The van der Waals surface area contributed by atoms with Crippen molar-refractivity contribution in [3.05, 3.63) is 84.1 Å². The zero-order valence-corrected chi connectivity index (χ0v) is 15.7. The Morgan fingerprint density at radius 3 is 2.41 bits per heavy atom. The summed E-state index contributed by atoms with van der Waals surface area (Å²) in [7, 11) is 0. The van der Waals surface area contributed by atoms with Gasteiger partial charge in [-0.3, -0.25) is 5.10 Å². The molecule has 27 heavy (non-hydrogen) atoms. The number of benzene rings is 3. The molecule has 0 unspecified atom stereocenters. The molecular weight excluding hydrogens is 332 g/mol. The molecule has 1 aromatic heterocycles. The maximum atomic E-state index is 6.22. The number of hydrogen-bond donors (Lipinski definition) is 3. The first-order valence-corrected chi connectivity index (χ1v) is 9.16. The lowest BCUT2D eigenvalue weighted by Crippen LogP contribution is -2.28. The topological polar surface area (TPSA) is 66.7 Å². The lowest BCUT2D eigenvalue weighted by molar-refractivity contribution is 0.554. The first kappa shape index (κ1) is 17.3. The highest BCUT2D eigenvalue weighted by molar-refractivity contribution is 5.99. The van der Waals surface area contributed by atoms with Crippen LogP contribution in [0.1, 0.15) is 25.0 Å². The Labute approximate surface area is 159 Å². The number of aromatic amines is 1. The second-order valence-electron chi connectivity index (χ2n) is 7.46. The molecule has 4 nitrogen and oxygen atoms in total. The number of aromatic nitrogens is 2. The van der Waals surface area contributed by atoms with E-state index in [1.165, 1.54) is 5.56 Å². The van der Waals surface area contributed by atoms with Crippen LogP contribution in [0.2, 0.25) is 0 Å². The minimum Gasteiger partial charge on any atom is -0.380 e. The number of hydrogen-bond acceptors (Lipinski definition) is 3. The van der Waals surface area contributed by atoms with Crippen molar-refractivity contribution in [2.45, 2.75) is 25.9 Å².